The summed E-state index contributed by atoms with van der Waals surface area (Å²) in [6, 6.07) is 13.8. The number of aromatic nitrogens is 1. The fourth-order valence-electron chi connectivity index (χ4n) is 4.80. The van der Waals surface area contributed by atoms with Gasteiger partial charge in [0, 0.05) is 57.4 Å². The number of halogens is 1. The number of thiazole rings is 1. The van der Waals surface area contributed by atoms with Gasteiger partial charge in [0.2, 0.25) is 5.91 Å². The van der Waals surface area contributed by atoms with Crippen LogP contribution in [0.15, 0.2) is 42.5 Å². The molecule has 0 N–H and O–H groups in total. The fourth-order valence-corrected chi connectivity index (χ4v) is 5.97. The van der Waals surface area contributed by atoms with Gasteiger partial charge in [0.15, 0.2) is 5.13 Å². The molecule has 0 aliphatic carbocycles. The van der Waals surface area contributed by atoms with Crippen molar-refractivity contribution in [2.24, 2.45) is 0 Å². The van der Waals surface area contributed by atoms with E-state index in [1.54, 1.807) is 18.4 Å². The van der Waals surface area contributed by atoms with Crippen molar-refractivity contribution in [3.8, 4) is 5.75 Å². The molecule has 5 rings (SSSR count). The smallest absolute Gasteiger partial charge is 0.239 e. The van der Waals surface area contributed by atoms with E-state index in [-0.39, 0.29) is 11.9 Å². The van der Waals surface area contributed by atoms with E-state index in [0.29, 0.717) is 5.02 Å². The molecule has 1 atom stereocenters. The quantitative estimate of drug-likeness (QED) is 0.532. The van der Waals surface area contributed by atoms with Gasteiger partial charge in [0.25, 0.3) is 0 Å². The van der Waals surface area contributed by atoms with Crippen LogP contribution in [0, 0.1) is 0 Å². The molecule has 34 heavy (non-hydrogen) atoms. The highest BCUT2D eigenvalue weighted by molar-refractivity contribution is 7.22. The third kappa shape index (κ3) is 4.67. The number of amides is 1. The molecular weight excluding hydrogens is 470 g/mol. The molecule has 0 spiro atoms. The van der Waals surface area contributed by atoms with E-state index in [2.05, 4.69) is 20.8 Å². The number of para-hydroxylation sites is 2. The number of nitrogens with zero attached hydrogens (tertiary/aromatic N) is 5. The zero-order valence-electron chi connectivity index (χ0n) is 19.6. The first-order valence-electron chi connectivity index (χ1n) is 11.8. The largest absolute Gasteiger partial charge is 0.495 e. The number of carbonyl (C=O) groups is 1. The second kappa shape index (κ2) is 9.98. The maximum absolute atomic E-state index is 13.3. The summed E-state index contributed by atoms with van der Waals surface area (Å²) < 4.78 is 6.66. The minimum absolute atomic E-state index is 0.117. The number of hydrogen-bond acceptors (Lipinski definition) is 7. The van der Waals surface area contributed by atoms with Gasteiger partial charge < -0.3 is 19.4 Å². The Morgan fingerprint density at radius 3 is 2.44 bits per heavy atom. The summed E-state index contributed by atoms with van der Waals surface area (Å²) in [5, 5.41) is 1.74. The van der Waals surface area contributed by atoms with E-state index in [1.165, 1.54) is 0 Å². The van der Waals surface area contributed by atoms with E-state index in [0.717, 1.165) is 79.1 Å². The average Bonchev–Trinajstić information content (AvgIpc) is 3.31. The molecule has 180 valence electrons. The van der Waals surface area contributed by atoms with Gasteiger partial charge in [-0.1, -0.05) is 35.1 Å². The molecule has 1 amide bonds. The van der Waals surface area contributed by atoms with Crippen molar-refractivity contribution >= 4 is 49.9 Å². The summed E-state index contributed by atoms with van der Waals surface area (Å²) >= 11 is 7.82. The van der Waals surface area contributed by atoms with Crippen molar-refractivity contribution in [2.75, 3.05) is 69.3 Å². The summed E-state index contributed by atoms with van der Waals surface area (Å²) in [6.45, 7) is 8.58. The number of carbonyl (C=O) groups excluding carboxylic acids is 1. The molecule has 2 aliphatic rings. The van der Waals surface area contributed by atoms with Crippen LogP contribution in [0.4, 0.5) is 10.8 Å². The molecule has 0 saturated carbocycles. The van der Waals surface area contributed by atoms with Crippen molar-refractivity contribution in [3.05, 3.63) is 47.5 Å². The highest BCUT2D eigenvalue weighted by atomic mass is 35.5. The lowest BCUT2D eigenvalue weighted by Crippen LogP contribution is -2.57. The highest BCUT2D eigenvalue weighted by Gasteiger charge is 2.31. The molecule has 3 aromatic rings. The Hall–Kier alpha value is -2.55. The number of methoxy groups -OCH3 is 1. The standard InChI is InChI=1S/C25H30ClN5O2S/c1-18(24(32)30-13-11-29(12-14-30)21-5-3-4-6-22(21)33-2)28-9-15-31(16-10-28)25-27-20-17-19(26)7-8-23(20)34-25/h3-8,17-18H,9-16H2,1-2H3. The second-order valence-corrected chi connectivity index (χ2v) is 10.2. The molecule has 1 unspecified atom stereocenters. The molecule has 7 nitrogen and oxygen atoms in total. The van der Waals surface area contributed by atoms with Crippen LogP contribution in [0.2, 0.25) is 5.02 Å². The third-order valence-electron chi connectivity index (χ3n) is 6.85. The van der Waals surface area contributed by atoms with Gasteiger partial charge in [-0.05, 0) is 37.3 Å². The van der Waals surface area contributed by atoms with Gasteiger partial charge in [-0.15, -0.1) is 0 Å². The zero-order chi connectivity index (χ0) is 23.7. The summed E-state index contributed by atoms with van der Waals surface area (Å²) in [5.41, 5.74) is 2.05. The predicted molar refractivity (Wildman–Crippen MR) is 140 cm³/mol. The Labute approximate surface area is 209 Å². The lowest BCUT2D eigenvalue weighted by molar-refractivity contribution is -0.136. The summed E-state index contributed by atoms with van der Waals surface area (Å²) in [4.78, 5) is 27.0. The first-order valence-corrected chi connectivity index (χ1v) is 12.9. The lowest BCUT2D eigenvalue weighted by Gasteiger charge is -2.41. The highest BCUT2D eigenvalue weighted by Crippen LogP contribution is 2.31. The maximum atomic E-state index is 13.3. The van der Waals surface area contributed by atoms with Gasteiger partial charge in [-0.3, -0.25) is 9.69 Å². The zero-order valence-corrected chi connectivity index (χ0v) is 21.2. The third-order valence-corrected chi connectivity index (χ3v) is 8.18. The summed E-state index contributed by atoms with van der Waals surface area (Å²) in [5.74, 6) is 1.10. The first kappa shape index (κ1) is 23.2. The van der Waals surface area contributed by atoms with Crippen LogP contribution >= 0.6 is 22.9 Å². The van der Waals surface area contributed by atoms with Gasteiger partial charge in [-0.25, -0.2) is 4.98 Å². The SMILES string of the molecule is COc1ccccc1N1CCN(C(=O)C(C)N2CCN(c3nc4cc(Cl)ccc4s3)CC2)CC1. The van der Waals surface area contributed by atoms with Crippen LogP contribution in [0.1, 0.15) is 6.92 Å². The van der Waals surface area contributed by atoms with Crippen LogP contribution in [-0.4, -0.2) is 86.2 Å². The fraction of sp³-hybridized carbons (Fsp3) is 0.440. The van der Waals surface area contributed by atoms with Crippen molar-refractivity contribution < 1.29 is 9.53 Å². The van der Waals surface area contributed by atoms with E-state index in [4.69, 9.17) is 21.3 Å². The Balaban J connectivity index is 1.15. The second-order valence-electron chi connectivity index (χ2n) is 8.79. The van der Waals surface area contributed by atoms with Crippen LogP contribution < -0.4 is 14.5 Å². The van der Waals surface area contributed by atoms with Crippen molar-refractivity contribution in [1.29, 1.82) is 0 Å². The minimum atomic E-state index is -0.117. The maximum Gasteiger partial charge on any atom is 0.239 e. The van der Waals surface area contributed by atoms with Crippen molar-refractivity contribution in [3.63, 3.8) is 0 Å². The van der Waals surface area contributed by atoms with Crippen LogP contribution in [0.5, 0.6) is 5.75 Å². The normalized spacial score (nSPS) is 18.4. The van der Waals surface area contributed by atoms with Crippen LogP contribution in [0.3, 0.4) is 0 Å². The topological polar surface area (TPSA) is 52.2 Å². The molecule has 1 aromatic heterocycles. The molecular formula is C25H30ClN5O2S. The van der Waals surface area contributed by atoms with Crippen molar-refractivity contribution in [2.45, 2.75) is 13.0 Å². The minimum Gasteiger partial charge on any atom is -0.495 e. The average molecular weight is 500 g/mol. The van der Waals surface area contributed by atoms with E-state index in [9.17, 15) is 4.79 Å². The number of anilines is 2. The van der Waals surface area contributed by atoms with Crippen molar-refractivity contribution in [1.82, 2.24) is 14.8 Å². The van der Waals surface area contributed by atoms with E-state index < -0.39 is 0 Å². The molecule has 2 aliphatic heterocycles. The van der Waals surface area contributed by atoms with Gasteiger partial charge in [0.1, 0.15) is 5.75 Å². The molecule has 2 aromatic carbocycles. The molecule has 0 bridgehead atoms. The number of benzene rings is 2. The molecule has 2 fully saturated rings. The predicted octanol–water partition coefficient (Wildman–Crippen LogP) is 3.82. The Morgan fingerprint density at radius 2 is 1.71 bits per heavy atom. The Kier molecular flexibility index (Phi) is 6.81. The van der Waals surface area contributed by atoms with E-state index in [1.807, 2.05) is 48.2 Å². The summed E-state index contributed by atoms with van der Waals surface area (Å²) in [6.07, 6.45) is 0. The molecule has 9 heteroatoms. The molecule has 3 heterocycles. The van der Waals surface area contributed by atoms with Crippen LogP contribution in [-0.2, 0) is 4.79 Å². The van der Waals surface area contributed by atoms with Gasteiger partial charge in [0.05, 0.1) is 29.1 Å². The number of rotatable bonds is 5. The number of ether oxygens (including phenoxy) is 1. The Morgan fingerprint density at radius 1 is 1.00 bits per heavy atom. The lowest BCUT2D eigenvalue weighted by atomic mass is 10.1. The molecule has 2 saturated heterocycles. The van der Waals surface area contributed by atoms with Gasteiger partial charge in [-0.2, -0.15) is 0 Å². The number of piperazine rings is 2. The van der Waals surface area contributed by atoms with Crippen LogP contribution in [0.25, 0.3) is 10.2 Å². The first-order chi connectivity index (χ1) is 16.5. The Bertz CT molecular complexity index is 1160. The van der Waals surface area contributed by atoms with Gasteiger partial charge >= 0.3 is 0 Å². The molecule has 0 radical (unpaired) electrons. The number of hydrogen-bond donors (Lipinski definition) is 0. The summed E-state index contributed by atoms with van der Waals surface area (Å²) in [7, 11) is 1.70. The monoisotopic (exact) mass is 499 g/mol. The number of fused-ring (bicyclic) bond motifs is 1. The van der Waals surface area contributed by atoms with E-state index >= 15 is 0 Å².